The van der Waals surface area contributed by atoms with E-state index in [0.29, 0.717) is 47.6 Å². The van der Waals surface area contributed by atoms with E-state index < -0.39 is 17.8 Å². The first-order valence-corrected chi connectivity index (χ1v) is 10.1. The number of rotatable bonds is 4. The number of carbonyl (C=O) groups is 2. The number of nitrogens with two attached hydrogens (primary N) is 1. The fourth-order valence-corrected chi connectivity index (χ4v) is 4.16. The average molecular weight is 435 g/mol. The van der Waals surface area contributed by atoms with E-state index in [1.54, 1.807) is 29.3 Å². The number of pyridine rings is 1. The summed E-state index contributed by atoms with van der Waals surface area (Å²) in [5.74, 6) is -1.40. The first-order chi connectivity index (χ1) is 13.8. The number of aliphatic carboxylic acids is 1. The van der Waals surface area contributed by atoms with Gasteiger partial charge in [0, 0.05) is 30.9 Å². The van der Waals surface area contributed by atoms with Crippen molar-refractivity contribution in [3.8, 4) is 0 Å². The zero-order valence-electron chi connectivity index (χ0n) is 15.5. The van der Waals surface area contributed by atoms with E-state index in [4.69, 9.17) is 34.0 Å². The third-order valence-electron chi connectivity index (χ3n) is 5.51. The predicted molar refractivity (Wildman–Crippen MR) is 111 cm³/mol. The van der Waals surface area contributed by atoms with Crippen LogP contribution in [0.4, 0.5) is 11.5 Å². The van der Waals surface area contributed by atoms with Crippen LogP contribution in [0.1, 0.15) is 18.0 Å². The van der Waals surface area contributed by atoms with Gasteiger partial charge in [0.15, 0.2) is 5.82 Å². The fourth-order valence-electron chi connectivity index (χ4n) is 3.87. The number of amides is 1. The summed E-state index contributed by atoms with van der Waals surface area (Å²) < 4.78 is 0. The van der Waals surface area contributed by atoms with Crippen molar-refractivity contribution in [2.45, 2.75) is 12.5 Å². The van der Waals surface area contributed by atoms with Gasteiger partial charge in [-0.3, -0.25) is 9.59 Å². The largest absolute Gasteiger partial charge is 0.481 e. The Labute approximate surface area is 178 Å². The molecule has 2 fully saturated rings. The van der Waals surface area contributed by atoms with E-state index in [-0.39, 0.29) is 11.9 Å². The topological polar surface area (TPSA) is 99.8 Å². The minimum absolute atomic E-state index is 0.104. The molecule has 1 aliphatic carbocycles. The quantitative estimate of drug-likeness (QED) is 0.766. The Balaban J connectivity index is 1.62. The van der Waals surface area contributed by atoms with Crippen LogP contribution in [-0.4, -0.2) is 46.5 Å². The standard InChI is InChI=1S/C20H20Cl2N4O3/c21-12-3-1-11(2-4-12)17-10-25(19(27)14-8-15(14)20(28)29)5-6-26(17)18-16(23)7-13(22)9-24-18/h1-4,7,9,14-15,17H,5-6,8,10,23H2,(H,28,29)/t14-,15?,17?/m0/s1. The lowest BCUT2D eigenvalue weighted by molar-refractivity contribution is -0.142. The van der Waals surface area contributed by atoms with Crippen molar-refractivity contribution in [1.82, 2.24) is 9.88 Å². The van der Waals surface area contributed by atoms with E-state index in [1.807, 2.05) is 12.1 Å². The number of nitrogens with zero attached hydrogens (tertiary/aromatic N) is 3. The highest BCUT2D eigenvalue weighted by Crippen LogP contribution is 2.41. The number of nitrogen functional groups attached to an aromatic ring is 1. The Morgan fingerprint density at radius 3 is 2.45 bits per heavy atom. The smallest absolute Gasteiger partial charge is 0.307 e. The lowest BCUT2D eigenvalue weighted by atomic mass is 10.0. The third kappa shape index (κ3) is 3.97. The maximum absolute atomic E-state index is 12.8. The van der Waals surface area contributed by atoms with Crippen LogP contribution >= 0.6 is 23.2 Å². The second kappa shape index (κ2) is 7.72. The van der Waals surface area contributed by atoms with Crippen molar-refractivity contribution in [2.24, 2.45) is 11.8 Å². The van der Waals surface area contributed by atoms with Crippen LogP contribution < -0.4 is 10.6 Å². The number of halogens is 2. The van der Waals surface area contributed by atoms with Gasteiger partial charge < -0.3 is 20.6 Å². The Hall–Kier alpha value is -2.51. The van der Waals surface area contributed by atoms with Crippen LogP contribution in [0.2, 0.25) is 10.0 Å². The van der Waals surface area contributed by atoms with Crippen molar-refractivity contribution in [1.29, 1.82) is 0 Å². The zero-order chi connectivity index (χ0) is 20.7. The number of carboxylic acid groups (broad SMARTS) is 1. The summed E-state index contributed by atoms with van der Waals surface area (Å²) in [5, 5.41) is 10.2. The Morgan fingerprint density at radius 2 is 1.83 bits per heavy atom. The highest BCUT2D eigenvalue weighted by atomic mass is 35.5. The van der Waals surface area contributed by atoms with Crippen LogP contribution in [-0.2, 0) is 9.59 Å². The Bertz CT molecular complexity index is 953. The van der Waals surface area contributed by atoms with Gasteiger partial charge in [0.25, 0.3) is 0 Å². The molecule has 4 rings (SSSR count). The van der Waals surface area contributed by atoms with Crippen LogP contribution in [0.15, 0.2) is 36.5 Å². The summed E-state index contributed by atoms with van der Waals surface area (Å²) >= 11 is 12.0. The molecule has 2 aromatic rings. The molecule has 3 atom stereocenters. The van der Waals surface area contributed by atoms with Crippen molar-refractivity contribution in [2.75, 3.05) is 30.3 Å². The number of aromatic nitrogens is 1. The second-order valence-corrected chi connectivity index (χ2v) is 8.27. The summed E-state index contributed by atoms with van der Waals surface area (Å²) in [6, 6.07) is 8.89. The van der Waals surface area contributed by atoms with E-state index >= 15 is 0 Å². The molecule has 1 aliphatic heterocycles. The summed E-state index contributed by atoms with van der Waals surface area (Å²) in [5.41, 5.74) is 7.59. The molecule has 1 saturated carbocycles. The molecule has 1 saturated heterocycles. The van der Waals surface area contributed by atoms with Gasteiger partial charge >= 0.3 is 5.97 Å². The number of benzene rings is 1. The third-order valence-corrected chi connectivity index (χ3v) is 5.96. The van der Waals surface area contributed by atoms with Crippen LogP contribution in [0.25, 0.3) is 0 Å². The summed E-state index contributed by atoms with van der Waals surface area (Å²) in [4.78, 5) is 32.2. The van der Waals surface area contributed by atoms with E-state index in [9.17, 15) is 9.59 Å². The number of hydrogen-bond acceptors (Lipinski definition) is 5. The summed E-state index contributed by atoms with van der Waals surface area (Å²) in [7, 11) is 0. The monoisotopic (exact) mass is 434 g/mol. The normalized spacial score (nSPS) is 23.7. The molecule has 0 bridgehead atoms. The number of carbonyl (C=O) groups excluding carboxylic acids is 1. The molecule has 1 aromatic carbocycles. The van der Waals surface area contributed by atoms with Crippen molar-refractivity contribution in [3.05, 3.63) is 52.1 Å². The zero-order valence-corrected chi connectivity index (χ0v) is 17.0. The van der Waals surface area contributed by atoms with Crippen molar-refractivity contribution in [3.63, 3.8) is 0 Å². The Morgan fingerprint density at radius 1 is 1.10 bits per heavy atom. The number of anilines is 2. The number of piperazine rings is 1. The minimum atomic E-state index is -0.908. The molecular formula is C20H20Cl2N4O3. The fraction of sp³-hybridized carbons (Fsp3) is 0.350. The van der Waals surface area contributed by atoms with Gasteiger partial charge in [0.1, 0.15) is 0 Å². The SMILES string of the molecule is Nc1cc(Cl)cnc1N1CCN(C(=O)[C@H]2CC2C(=O)O)CC1c1ccc(Cl)cc1. The maximum atomic E-state index is 12.8. The molecule has 0 spiro atoms. The molecule has 3 N–H and O–H groups in total. The van der Waals surface area contributed by atoms with Gasteiger partial charge in [-0.15, -0.1) is 0 Å². The number of hydrogen-bond donors (Lipinski definition) is 2. The summed E-state index contributed by atoms with van der Waals surface area (Å²) in [6.45, 7) is 1.39. The number of carboxylic acids is 1. The first kappa shape index (κ1) is 19.8. The average Bonchev–Trinajstić information content (AvgIpc) is 3.49. The molecule has 2 heterocycles. The molecule has 2 unspecified atom stereocenters. The minimum Gasteiger partial charge on any atom is -0.481 e. The van der Waals surface area contributed by atoms with Gasteiger partial charge in [-0.25, -0.2) is 4.98 Å². The lowest BCUT2D eigenvalue weighted by Gasteiger charge is -2.43. The predicted octanol–water partition coefficient (Wildman–Crippen LogP) is 3.08. The van der Waals surface area contributed by atoms with Gasteiger partial charge in [-0.05, 0) is 30.2 Å². The summed E-state index contributed by atoms with van der Waals surface area (Å²) in [6.07, 6.45) is 1.96. The molecule has 2 aliphatic rings. The van der Waals surface area contributed by atoms with Crippen molar-refractivity contribution < 1.29 is 14.7 Å². The van der Waals surface area contributed by atoms with Gasteiger partial charge in [0.2, 0.25) is 5.91 Å². The molecule has 1 aromatic heterocycles. The van der Waals surface area contributed by atoms with Crippen molar-refractivity contribution >= 4 is 46.6 Å². The molecule has 29 heavy (non-hydrogen) atoms. The van der Waals surface area contributed by atoms with Crippen LogP contribution in [0.3, 0.4) is 0 Å². The van der Waals surface area contributed by atoms with Gasteiger partial charge in [-0.1, -0.05) is 35.3 Å². The molecule has 0 radical (unpaired) electrons. The van der Waals surface area contributed by atoms with Gasteiger partial charge in [0.05, 0.1) is 28.6 Å². The van der Waals surface area contributed by atoms with E-state index in [2.05, 4.69) is 9.88 Å². The first-order valence-electron chi connectivity index (χ1n) is 9.30. The highest BCUT2D eigenvalue weighted by molar-refractivity contribution is 6.31. The van der Waals surface area contributed by atoms with Crippen LogP contribution in [0, 0.1) is 11.8 Å². The lowest BCUT2D eigenvalue weighted by Crippen LogP contribution is -2.51. The molecular weight excluding hydrogens is 415 g/mol. The van der Waals surface area contributed by atoms with Gasteiger partial charge in [-0.2, -0.15) is 0 Å². The molecule has 152 valence electrons. The van der Waals surface area contributed by atoms with Crippen LogP contribution in [0.5, 0.6) is 0 Å². The molecule has 1 amide bonds. The van der Waals surface area contributed by atoms with E-state index in [1.165, 1.54) is 0 Å². The second-order valence-electron chi connectivity index (χ2n) is 7.40. The highest BCUT2D eigenvalue weighted by Gasteiger charge is 2.50. The molecule has 9 heteroatoms. The molecule has 7 nitrogen and oxygen atoms in total. The maximum Gasteiger partial charge on any atom is 0.307 e. The van der Waals surface area contributed by atoms with E-state index in [0.717, 1.165) is 5.56 Å². The Kier molecular flexibility index (Phi) is 5.27.